The summed E-state index contributed by atoms with van der Waals surface area (Å²) in [6, 6.07) is 2.35. The monoisotopic (exact) mass is 207 g/mol. The number of hydrogen-bond acceptors (Lipinski definition) is 4. The molecular weight excluding hydrogens is 190 g/mol. The van der Waals surface area contributed by atoms with Crippen molar-refractivity contribution < 1.29 is 4.74 Å². The molecule has 0 saturated heterocycles. The first-order valence-corrected chi connectivity index (χ1v) is 5.45. The van der Waals surface area contributed by atoms with Gasteiger partial charge in [-0.3, -0.25) is 0 Å². The standard InChI is InChI=1S/C11H17N3O/c1-8-6-10(7-12)14-11(13-8)15-5-4-9-2-3-9/h6,9H,2-5,7,12H2,1H3. The highest BCUT2D eigenvalue weighted by Crippen LogP contribution is 2.32. The molecule has 2 N–H and O–H groups in total. The minimum absolute atomic E-state index is 0.433. The molecule has 4 nitrogen and oxygen atoms in total. The highest BCUT2D eigenvalue weighted by Gasteiger charge is 2.20. The molecule has 4 heteroatoms. The van der Waals surface area contributed by atoms with Gasteiger partial charge in [-0.2, -0.15) is 4.98 Å². The number of nitrogens with zero attached hydrogens (tertiary/aromatic N) is 2. The van der Waals surface area contributed by atoms with Crippen LogP contribution in [0.5, 0.6) is 6.01 Å². The predicted molar refractivity (Wildman–Crippen MR) is 57.5 cm³/mol. The lowest BCUT2D eigenvalue weighted by molar-refractivity contribution is 0.278. The van der Waals surface area contributed by atoms with E-state index in [1.54, 1.807) is 0 Å². The minimum atomic E-state index is 0.433. The van der Waals surface area contributed by atoms with Crippen molar-refractivity contribution in [1.82, 2.24) is 9.97 Å². The Hall–Kier alpha value is -1.16. The SMILES string of the molecule is Cc1cc(CN)nc(OCCC2CC2)n1. The Morgan fingerprint density at radius 3 is 2.93 bits per heavy atom. The molecule has 1 aromatic heterocycles. The zero-order valence-corrected chi connectivity index (χ0v) is 9.07. The van der Waals surface area contributed by atoms with Gasteiger partial charge in [0.1, 0.15) is 0 Å². The van der Waals surface area contributed by atoms with Gasteiger partial charge in [0, 0.05) is 12.2 Å². The molecule has 0 spiro atoms. The summed E-state index contributed by atoms with van der Waals surface area (Å²) in [7, 11) is 0. The van der Waals surface area contributed by atoms with Crippen molar-refractivity contribution in [2.75, 3.05) is 6.61 Å². The molecule has 1 fully saturated rings. The third kappa shape index (κ3) is 3.16. The average Bonchev–Trinajstić information content (AvgIpc) is 3.01. The van der Waals surface area contributed by atoms with Crippen molar-refractivity contribution in [3.63, 3.8) is 0 Å². The normalized spacial score (nSPS) is 15.3. The molecule has 82 valence electrons. The van der Waals surface area contributed by atoms with E-state index >= 15 is 0 Å². The van der Waals surface area contributed by atoms with E-state index in [0.29, 0.717) is 12.6 Å². The second kappa shape index (κ2) is 4.57. The van der Waals surface area contributed by atoms with Crippen LogP contribution in [0.15, 0.2) is 6.07 Å². The maximum atomic E-state index is 5.53. The molecule has 0 unspecified atom stereocenters. The largest absolute Gasteiger partial charge is 0.463 e. The number of ether oxygens (including phenoxy) is 1. The Balaban J connectivity index is 1.90. The summed E-state index contributed by atoms with van der Waals surface area (Å²) >= 11 is 0. The number of aryl methyl sites for hydroxylation is 1. The van der Waals surface area contributed by atoms with Crippen LogP contribution < -0.4 is 10.5 Å². The second-order valence-electron chi connectivity index (χ2n) is 4.07. The smallest absolute Gasteiger partial charge is 0.316 e. The average molecular weight is 207 g/mol. The third-order valence-corrected chi connectivity index (χ3v) is 2.55. The summed E-state index contributed by atoms with van der Waals surface area (Å²) in [6.45, 7) is 3.08. The number of aromatic nitrogens is 2. The van der Waals surface area contributed by atoms with E-state index < -0.39 is 0 Å². The summed E-state index contributed by atoms with van der Waals surface area (Å²) in [4.78, 5) is 8.42. The fraction of sp³-hybridized carbons (Fsp3) is 0.636. The van der Waals surface area contributed by atoms with Crippen molar-refractivity contribution in [2.24, 2.45) is 11.7 Å². The fourth-order valence-corrected chi connectivity index (χ4v) is 1.50. The highest BCUT2D eigenvalue weighted by atomic mass is 16.5. The van der Waals surface area contributed by atoms with E-state index in [4.69, 9.17) is 10.5 Å². The van der Waals surface area contributed by atoms with Crippen LogP contribution in [-0.4, -0.2) is 16.6 Å². The molecule has 0 radical (unpaired) electrons. The first-order valence-electron chi connectivity index (χ1n) is 5.45. The summed E-state index contributed by atoms with van der Waals surface area (Å²) < 4.78 is 5.50. The maximum Gasteiger partial charge on any atom is 0.316 e. The van der Waals surface area contributed by atoms with Crippen LogP contribution in [-0.2, 0) is 6.54 Å². The van der Waals surface area contributed by atoms with Crippen molar-refractivity contribution in [2.45, 2.75) is 32.7 Å². The molecule has 1 aliphatic rings. The molecule has 0 aliphatic heterocycles. The Bertz CT molecular complexity index is 337. The number of nitrogens with two attached hydrogens (primary N) is 1. The van der Waals surface area contributed by atoms with Gasteiger partial charge >= 0.3 is 6.01 Å². The van der Waals surface area contributed by atoms with E-state index in [9.17, 15) is 0 Å². The van der Waals surface area contributed by atoms with Crippen molar-refractivity contribution in [1.29, 1.82) is 0 Å². The lowest BCUT2D eigenvalue weighted by atomic mass is 10.3. The summed E-state index contributed by atoms with van der Waals surface area (Å²) in [6.07, 6.45) is 3.83. The second-order valence-corrected chi connectivity index (χ2v) is 4.07. The van der Waals surface area contributed by atoms with E-state index in [0.717, 1.165) is 30.3 Å². The molecule has 1 saturated carbocycles. The van der Waals surface area contributed by atoms with Crippen molar-refractivity contribution in [3.05, 3.63) is 17.5 Å². The van der Waals surface area contributed by atoms with Crippen molar-refractivity contribution >= 4 is 0 Å². The van der Waals surface area contributed by atoms with Crippen molar-refractivity contribution in [3.8, 4) is 6.01 Å². The van der Waals surface area contributed by atoms with Gasteiger partial charge in [-0.05, 0) is 25.3 Å². The van der Waals surface area contributed by atoms with Crippen LogP contribution in [0.25, 0.3) is 0 Å². The predicted octanol–water partition coefficient (Wildman–Crippen LogP) is 1.42. The van der Waals surface area contributed by atoms with Gasteiger partial charge in [-0.15, -0.1) is 0 Å². The van der Waals surface area contributed by atoms with Crippen LogP contribution in [0.2, 0.25) is 0 Å². The number of hydrogen-bond donors (Lipinski definition) is 1. The zero-order chi connectivity index (χ0) is 10.7. The molecule has 0 amide bonds. The minimum Gasteiger partial charge on any atom is -0.463 e. The molecule has 0 bridgehead atoms. The molecule has 1 aromatic rings. The molecule has 1 aliphatic carbocycles. The van der Waals surface area contributed by atoms with Gasteiger partial charge in [0.05, 0.1) is 12.3 Å². The summed E-state index contributed by atoms with van der Waals surface area (Å²) in [5.74, 6) is 0.879. The highest BCUT2D eigenvalue weighted by molar-refractivity contribution is 5.12. The van der Waals surface area contributed by atoms with Crippen LogP contribution >= 0.6 is 0 Å². The van der Waals surface area contributed by atoms with Crippen LogP contribution in [0.3, 0.4) is 0 Å². The van der Waals surface area contributed by atoms with Crippen LogP contribution in [0.1, 0.15) is 30.7 Å². The fourth-order valence-electron chi connectivity index (χ4n) is 1.50. The maximum absolute atomic E-state index is 5.53. The van der Waals surface area contributed by atoms with Gasteiger partial charge in [0.2, 0.25) is 0 Å². The topological polar surface area (TPSA) is 61.0 Å². The Labute approximate surface area is 89.9 Å². The Morgan fingerprint density at radius 2 is 2.27 bits per heavy atom. The lowest BCUT2D eigenvalue weighted by Gasteiger charge is -2.05. The Kier molecular flexibility index (Phi) is 3.16. The van der Waals surface area contributed by atoms with E-state index in [-0.39, 0.29) is 0 Å². The first kappa shape index (κ1) is 10.4. The molecule has 2 rings (SSSR count). The van der Waals surface area contributed by atoms with E-state index in [1.165, 1.54) is 12.8 Å². The van der Waals surface area contributed by atoms with E-state index in [1.807, 2.05) is 13.0 Å². The van der Waals surface area contributed by atoms with Gasteiger partial charge in [0.15, 0.2) is 0 Å². The zero-order valence-electron chi connectivity index (χ0n) is 9.07. The van der Waals surface area contributed by atoms with Gasteiger partial charge < -0.3 is 10.5 Å². The lowest BCUT2D eigenvalue weighted by Crippen LogP contribution is -2.07. The Morgan fingerprint density at radius 1 is 1.47 bits per heavy atom. The quantitative estimate of drug-likeness (QED) is 0.793. The molecule has 1 heterocycles. The molecule has 0 atom stereocenters. The summed E-state index contributed by atoms with van der Waals surface area (Å²) in [5.41, 5.74) is 7.27. The molecule has 0 aromatic carbocycles. The molecular formula is C11H17N3O. The van der Waals surface area contributed by atoms with Gasteiger partial charge in [-0.1, -0.05) is 12.8 Å². The first-order chi connectivity index (χ1) is 7.28. The van der Waals surface area contributed by atoms with Crippen LogP contribution in [0, 0.1) is 12.8 Å². The van der Waals surface area contributed by atoms with E-state index in [2.05, 4.69) is 9.97 Å². The van der Waals surface area contributed by atoms with Gasteiger partial charge in [0.25, 0.3) is 0 Å². The number of rotatable bonds is 5. The molecule has 15 heavy (non-hydrogen) atoms. The third-order valence-electron chi connectivity index (χ3n) is 2.55. The van der Waals surface area contributed by atoms with Gasteiger partial charge in [-0.25, -0.2) is 4.98 Å². The summed E-state index contributed by atoms with van der Waals surface area (Å²) in [5, 5.41) is 0. The van der Waals surface area contributed by atoms with Crippen LogP contribution in [0.4, 0.5) is 0 Å².